The van der Waals surface area contributed by atoms with Gasteiger partial charge in [0.1, 0.15) is 5.01 Å². The first kappa shape index (κ1) is 9.61. The fraction of sp³-hybridized carbons (Fsp3) is 0.556. The molecule has 0 atom stereocenters. The summed E-state index contributed by atoms with van der Waals surface area (Å²) in [6.07, 6.45) is 0. The second-order valence-corrected chi connectivity index (χ2v) is 4.73. The standard InChI is InChI=1S/C9H13N3OS/c1-5(2)8-7(4-13)12-9(10-8)14-6(3)11-12/h5,13H,4H2,1-3H3. The summed E-state index contributed by atoms with van der Waals surface area (Å²) in [6.45, 7) is 6.07. The van der Waals surface area contributed by atoms with Crippen molar-refractivity contribution in [1.29, 1.82) is 0 Å². The fourth-order valence-electron chi connectivity index (χ4n) is 1.51. The van der Waals surface area contributed by atoms with Gasteiger partial charge < -0.3 is 5.11 Å². The molecular weight excluding hydrogens is 198 g/mol. The molecule has 76 valence electrons. The molecule has 2 aromatic heterocycles. The van der Waals surface area contributed by atoms with Gasteiger partial charge in [-0.05, 0) is 12.8 Å². The summed E-state index contributed by atoms with van der Waals surface area (Å²) in [7, 11) is 0. The van der Waals surface area contributed by atoms with Gasteiger partial charge in [0.15, 0.2) is 0 Å². The number of hydrogen-bond acceptors (Lipinski definition) is 4. The van der Waals surface area contributed by atoms with E-state index < -0.39 is 0 Å². The van der Waals surface area contributed by atoms with E-state index in [1.54, 1.807) is 15.9 Å². The summed E-state index contributed by atoms with van der Waals surface area (Å²) in [5, 5.41) is 14.5. The molecule has 2 heterocycles. The van der Waals surface area contributed by atoms with Crippen molar-refractivity contribution in [3.8, 4) is 0 Å². The van der Waals surface area contributed by atoms with Gasteiger partial charge in [-0.15, -0.1) is 0 Å². The Morgan fingerprint density at radius 1 is 1.50 bits per heavy atom. The Labute approximate surface area is 86.2 Å². The van der Waals surface area contributed by atoms with Crippen LogP contribution in [0.3, 0.4) is 0 Å². The summed E-state index contributed by atoms with van der Waals surface area (Å²) in [5.41, 5.74) is 1.77. The van der Waals surface area contributed by atoms with Crippen molar-refractivity contribution in [2.75, 3.05) is 0 Å². The zero-order valence-corrected chi connectivity index (χ0v) is 9.30. The van der Waals surface area contributed by atoms with Gasteiger partial charge in [0.05, 0.1) is 18.0 Å². The van der Waals surface area contributed by atoms with Gasteiger partial charge in [0.25, 0.3) is 0 Å². The normalized spacial score (nSPS) is 11.8. The summed E-state index contributed by atoms with van der Waals surface area (Å²) >= 11 is 1.55. The minimum Gasteiger partial charge on any atom is -0.390 e. The molecule has 0 fully saturated rings. The zero-order chi connectivity index (χ0) is 10.3. The molecule has 0 aromatic carbocycles. The minimum atomic E-state index is -0.00213. The van der Waals surface area contributed by atoms with Crippen LogP contribution in [0, 0.1) is 6.92 Å². The van der Waals surface area contributed by atoms with Crippen LogP contribution in [-0.2, 0) is 6.61 Å². The Kier molecular flexibility index (Phi) is 2.28. The van der Waals surface area contributed by atoms with Crippen molar-refractivity contribution in [3.05, 3.63) is 16.4 Å². The van der Waals surface area contributed by atoms with Crippen LogP contribution in [0.5, 0.6) is 0 Å². The molecule has 2 rings (SSSR count). The van der Waals surface area contributed by atoms with Gasteiger partial charge >= 0.3 is 0 Å². The van der Waals surface area contributed by atoms with Gasteiger partial charge in [-0.1, -0.05) is 25.2 Å². The molecule has 4 nitrogen and oxygen atoms in total. The van der Waals surface area contributed by atoms with E-state index in [1.807, 2.05) is 6.92 Å². The highest BCUT2D eigenvalue weighted by Crippen LogP contribution is 2.23. The number of aryl methyl sites for hydroxylation is 1. The lowest BCUT2D eigenvalue weighted by molar-refractivity contribution is 0.272. The van der Waals surface area contributed by atoms with Crippen molar-refractivity contribution in [3.63, 3.8) is 0 Å². The van der Waals surface area contributed by atoms with Gasteiger partial charge in [-0.25, -0.2) is 9.50 Å². The molecule has 0 aliphatic carbocycles. The van der Waals surface area contributed by atoms with Crippen LogP contribution in [0.1, 0.15) is 36.2 Å². The molecule has 0 saturated heterocycles. The Morgan fingerprint density at radius 2 is 2.21 bits per heavy atom. The minimum absolute atomic E-state index is 0.00213. The van der Waals surface area contributed by atoms with Gasteiger partial charge in [-0.3, -0.25) is 0 Å². The summed E-state index contributed by atoms with van der Waals surface area (Å²) in [5.74, 6) is 0.325. The average Bonchev–Trinajstić information content (AvgIpc) is 2.59. The number of aliphatic hydroxyl groups is 1. The molecule has 1 N–H and O–H groups in total. The maximum absolute atomic E-state index is 9.27. The van der Waals surface area contributed by atoms with Crippen LogP contribution >= 0.6 is 11.3 Å². The second-order valence-electron chi connectivity index (χ2n) is 3.57. The topological polar surface area (TPSA) is 50.4 Å². The highest BCUT2D eigenvalue weighted by molar-refractivity contribution is 7.16. The molecule has 0 radical (unpaired) electrons. The van der Waals surface area contributed by atoms with Crippen molar-refractivity contribution in [1.82, 2.24) is 14.6 Å². The first-order valence-corrected chi connectivity index (χ1v) is 5.41. The maximum Gasteiger partial charge on any atom is 0.212 e. The van der Waals surface area contributed by atoms with Crippen LogP contribution in [0.25, 0.3) is 4.96 Å². The molecule has 2 aromatic rings. The predicted molar refractivity (Wildman–Crippen MR) is 55.6 cm³/mol. The molecule has 0 bridgehead atoms. The van der Waals surface area contributed by atoms with Crippen LogP contribution in [0.2, 0.25) is 0 Å². The first-order valence-electron chi connectivity index (χ1n) is 4.59. The molecular formula is C9H13N3OS. The van der Waals surface area contributed by atoms with E-state index in [0.717, 1.165) is 21.4 Å². The molecule has 0 spiro atoms. The van der Waals surface area contributed by atoms with Crippen LogP contribution in [0.4, 0.5) is 0 Å². The number of rotatable bonds is 2. The molecule has 14 heavy (non-hydrogen) atoms. The molecule has 0 aliphatic rings. The Balaban J connectivity index is 2.68. The highest BCUT2D eigenvalue weighted by atomic mass is 32.1. The molecule has 0 saturated carbocycles. The number of hydrogen-bond donors (Lipinski definition) is 1. The molecule has 0 aliphatic heterocycles. The van der Waals surface area contributed by atoms with Crippen molar-refractivity contribution < 1.29 is 5.11 Å². The third kappa shape index (κ3) is 1.33. The van der Waals surface area contributed by atoms with Crippen LogP contribution in [0.15, 0.2) is 0 Å². The van der Waals surface area contributed by atoms with E-state index in [0.29, 0.717) is 5.92 Å². The van der Waals surface area contributed by atoms with E-state index in [4.69, 9.17) is 0 Å². The maximum atomic E-state index is 9.27. The zero-order valence-electron chi connectivity index (χ0n) is 8.48. The first-order chi connectivity index (χ1) is 6.63. The Hall–Kier alpha value is -0.940. The van der Waals surface area contributed by atoms with Crippen LogP contribution in [-0.4, -0.2) is 19.7 Å². The monoisotopic (exact) mass is 211 g/mol. The SMILES string of the molecule is Cc1nn2c(CO)c(C(C)C)nc2s1. The van der Waals surface area contributed by atoms with E-state index >= 15 is 0 Å². The number of aromatic nitrogens is 3. The van der Waals surface area contributed by atoms with Gasteiger partial charge in [0, 0.05) is 0 Å². The van der Waals surface area contributed by atoms with Crippen molar-refractivity contribution in [2.45, 2.75) is 33.3 Å². The van der Waals surface area contributed by atoms with E-state index in [-0.39, 0.29) is 6.61 Å². The summed E-state index contributed by atoms with van der Waals surface area (Å²) < 4.78 is 1.75. The third-order valence-corrected chi connectivity index (χ3v) is 2.95. The van der Waals surface area contributed by atoms with Crippen molar-refractivity contribution in [2.24, 2.45) is 0 Å². The highest BCUT2D eigenvalue weighted by Gasteiger charge is 2.16. The van der Waals surface area contributed by atoms with E-state index in [9.17, 15) is 5.11 Å². The molecule has 0 amide bonds. The quantitative estimate of drug-likeness (QED) is 0.822. The predicted octanol–water partition coefficient (Wildman–Crippen LogP) is 1.71. The number of fused-ring (bicyclic) bond motifs is 1. The summed E-state index contributed by atoms with van der Waals surface area (Å²) in [6, 6.07) is 0. The van der Waals surface area contributed by atoms with E-state index in [2.05, 4.69) is 23.9 Å². The number of nitrogens with zero attached hydrogens (tertiary/aromatic N) is 3. The fourth-order valence-corrected chi connectivity index (χ4v) is 2.28. The Bertz CT molecular complexity index is 458. The lowest BCUT2D eigenvalue weighted by Crippen LogP contribution is -1.99. The molecule has 5 heteroatoms. The number of aliphatic hydroxyl groups excluding tert-OH is 1. The smallest absolute Gasteiger partial charge is 0.212 e. The number of imidazole rings is 1. The summed E-state index contributed by atoms with van der Waals surface area (Å²) in [4.78, 5) is 5.33. The largest absolute Gasteiger partial charge is 0.390 e. The molecule has 0 unspecified atom stereocenters. The van der Waals surface area contributed by atoms with Crippen LogP contribution < -0.4 is 0 Å². The average molecular weight is 211 g/mol. The second kappa shape index (κ2) is 3.33. The van der Waals surface area contributed by atoms with Crippen molar-refractivity contribution >= 4 is 16.3 Å². The third-order valence-electron chi connectivity index (χ3n) is 2.13. The lowest BCUT2D eigenvalue weighted by Gasteiger charge is -2.02. The van der Waals surface area contributed by atoms with Gasteiger partial charge in [0.2, 0.25) is 4.96 Å². The van der Waals surface area contributed by atoms with E-state index in [1.165, 1.54) is 0 Å². The lowest BCUT2D eigenvalue weighted by atomic mass is 10.1. The van der Waals surface area contributed by atoms with Gasteiger partial charge in [-0.2, -0.15) is 5.10 Å². The Morgan fingerprint density at radius 3 is 2.79 bits per heavy atom.